The minimum Gasteiger partial charge on any atom is -0.494 e. The van der Waals surface area contributed by atoms with Crippen LogP contribution in [0, 0.1) is 12.8 Å². The van der Waals surface area contributed by atoms with Gasteiger partial charge in [0, 0.05) is 38.7 Å². The van der Waals surface area contributed by atoms with Crippen molar-refractivity contribution in [1.29, 1.82) is 0 Å². The number of hydrogen-bond acceptors (Lipinski definition) is 3. The molecule has 0 saturated heterocycles. The van der Waals surface area contributed by atoms with Crippen LogP contribution in [0.5, 0.6) is 11.5 Å². The summed E-state index contributed by atoms with van der Waals surface area (Å²) in [7, 11) is 0. The number of rotatable bonds is 15. The van der Waals surface area contributed by atoms with Gasteiger partial charge >= 0.3 is 6.18 Å². The molecular formula is C70H68F3NO3. The van der Waals surface area contributed by atoms with Crippen molar-refractivity contribution in [3.05, 3.63) is 214 Å². The number of halogens is 3. The second kappa shape index (κ2) is 21.2. The summed E-state index contributed by atoms with van der Waals surface area (Å²) in [6.07, 6.45) is 12.2. The van der Waals surface area contributed by atoms with Crippen LogP contribution in [-0.2, 0) is 17.2 Å². The number of unbranched alkanes of at least 4 members (excludes halogenated alkanes) is 3. The van der Waals surface area contributed by atoms with Crippen LogP contribution in [0.4, 0.5) is 18.9 Å². The van der Waals surface area contributed by atoms with Gasteiger partial charge < -0.3 is 14.8 Å². The van der Waals surface area contributed by atoms with Gasteiger partial charge in [0.2, 0.25) is 0 Å². The van der Waals surface area contributed by atoms with Gasteiger partial charge in [0.1, 0.15) is 11.5 Å². The maximum Gasteiger partial charge on any atom is 0.416 e. The molecule has 11 rings (SSSR count). The van der Waals surface area contributed by atoms with Gasteiger partial charge in [-0.25, -0.2) is 0 Å². The quantitative estimate of drug-likeness (QED) is 0.104. The van der Waals surface area contributed by atoms with E-state index in [-0.39, 0.29) is 5.91 Å². The molecule has 1 saturated carbocycles. The van der Waals surface area contributed by atoms with Crippen LogP contribution >= 0.6 is 0 Å². The maximum absolute atomic E-state index is 14.8. The van der Waals surface area contributed by atoms with Crippen molar-refractivity contribution < 1.29 is 27.4 Å². The highest BCUT2D eigenvalue weighted by molar-refractivity contribution is 6.09. The van der Waals surface area contributed by atoms with E-state index in [9.17, 15) is 18.0 Å². The van der Waals surface area contributed by atoms with Crippen molar-refractivity contribution in [3.63, 3.8) is 0 Å². The number of carbonyl (C=O) groups excluding carboxylic acids is 1. The molecule has 1 fully saturated rings. The van der Waals surface area contributed by atoms with Crippen molar-refractivity contribution >= 4 is 28.4 Å². The van der Waals surface area contributed by atoms with Gasteiger partial charge in [-0.2, -0.15) is 13.2 Å². The number of amides is 1. The number of ether oxygens (including phenoxy) is 2. The summed E-state index contributed by atoms with van der Waals surface area (Å²) in [6, 6.07) is 51.1. The van der Waals surface area contributed by atoms with E-state index in [1.54, 1.807) is 6.07 Å². The van der Waals surface area contributed by atoms with Crippen molar-refractivity contribution in [2.75, 3.05) is 11.9 Å². The Balaban J connectivity index is 0.860. The molecule has 0 radical (unpaired) electrons. The van der Waals surface area contributed by atoms with Crippen LogP contribution in [0.2, 0.25) is 0 Å². The fraction of sp³-hybridized carbons (Fsp3) is 0.300. The molecule has 2 aliphatic carbocycles. The minimum absolute atomic E-state index is 0.190. The van der Waals surface area contributed by atoms with Crippen LogP contribution in [0.3, 0.4) is 0 Å². The summed E-state index contributed by atoms with van der Waals surface area (Å²) in [5, 5.41) is 4.17. The van der Waals surface area contributed by atoms with Gasteiger partial charge in [-0.1, -0.05) is 175 Å². The van der Waals surface area contributed by atoms with E-state index in [2.05, 4.69) is 87.6 Å². The molecule has 1 unspecified atom stereocenters. The molecule has 0 spiro atoms. The lowest BCUT2D eigenvalue weighted by molar-refractivity contribution is -0.137. The average Bonchev–Trinajstić information content (AvgIpc) is 3.99. The zero-order valence-electron chi connectivity index (χ0n) is 45.0. The average molecular weight is 1030 g/mol. The lowest BCUT2D eigenvalue weighted by Crippen LogP contribution is -2.35. The van der Waals surface area contributed by atoms with E-state index in [1.165, 1.54) is 69.1 Å². The highest BCUT2D eigenvalue weighted by Gasteiger charge is 2.45. The summed E-state index contributed by atoms with van der Waals surface area (Å²) in [5.74, 6) is 2.51. The molecule has 7 heteroatoms. The molecule has 77 heavy (non-hydrogen) atoms. The Morgan fingerprint density at radius 3 is 1.96 bits per heavy atom. The SMILES string of the molecule is CCCCCC1CCC(c2ccc(-c3ccc(C(=O)Nc4ccc(-c5ccc6c(c5)-c5c(c7c(c8cc(C(F)(F)F)ccc58)OC(c5ccc(C)cc5)(c5ccc(OCCCC)cc5)C=C7)C6(C)C)cc4)cc3)cc2)CC1. The molecule has 8 aromatic carbocycles. The Morgan fingerprint density at radius 2 is 1.30 bits per heavy atom. The van der Waals surface area contributed by atoms with E-state index in [1.807, 2.05) is 104 Å². The maximum atomic E-state index is 14.8. The van der Waals surface area contributed by atoms with E-state index in [0.29, 0.717) is 40.3 Å². The second-order valence-corrected chi connectivity index (χ2v) is 22.3. The number of hydrogen-bond donors (Lipinski definition) is 1. The molecule has 3 aliphatic rings. The van der Waals surface area contributed by atoms with Gasteiger partial charge in [0.25, 0.3) is 5.91 Å². The summed E-state index contributed by atoms with van der Waals surface area (Å²) in [5.41, 5.74) is 11.8. The topological polar surface area (TPSA) is 47.6 Å². The van der Waals surface area contributed by atoms with Gasteiger partial charge in [-0.15, -0.1) is 0 Å². The highest BCUT2D eigenvalue weighted by atomic mass is 19.4. The standard InChI is InChI=1S/C70H68F3NO3/c1-6-8-10-11-46-14-16-47(17-15-46)48-18-20-49(21-19-48)50-22-24-52(25-23-50)67(75)74-57-34-26-51(27-35-57)53-28-39-63-62(43-53)64-59-38-33-56(70(71,72)73)44-61(59)66-60(65(64)68(63,4)5)40-41-69(77-66,54-29-12-45(3)13-30-54)55-31-36-58(37-32-55)76-42-9-7-2/h12-13,18-41,43-44,46-47H,6-11,14-17,42H2,1-5H3,(H,74,75). The first-order chi connectivity index (χ1) is 37.2. The van der Waals surface area contributed by atoms with E-state index in [0.717, 1.165) is 91.3 Å². The van der Waals surface area contributed by atoms with Crippen LogP contribution in [0.25, 0.3) is 50.2 Å². The molecule has 1 heterocycles. The van der Waals surface area contributed by atoms with Gasteiger partial charge in [0.15, 0.2) is 5.60 Å². The zero-order valence-corrected chi connectivity index (χ0v) is 45.0. The van der Waals surface area contributed by atoms with Crippen molar-refractivity contribution in [2.45, 2.75) is 122 Å². The summed E-state index contributed by atoms with van der Waals surface area (Å²) >= 11 is 0. The zero-order chi connectivity index (χ0) is 53.5. The molecule has 1 N–H and O–H groups in total. The predicted molar refractivity (Wildman–Crippen MR) is 309 cm³/mol. The smallest absolute Gasteiger partial charge is 0.416 e. The Morgan fingerprint density at radius 1 is 0.675 bits per heavy atom. The molecule has 1 aliphatic heterocycles. The lowest BCUT2D eigenvalue weighted by atomic mass is 9.76. The minimum atomic E-state index is -4.58. The Hall–Kier alpha value is -7.38. The monoisotopic (exact) mass is 1030 g/mol. The predicted octanol–water partition coefficient (Wildman–Crippen LogP) is 19.4. The number of nitrogens with one attached hydrogen (secondary N) is 1. The summed E-state index contributed by atoms with van der Waals surface area (Å²) in [4.78, 5) is 13.6. The van der Waals surface area contributed by atoms with Crippen LogP contribution < -0.4 is 14.8 Å². The van der Waals surface area contributed by atoms with Crippen LogP contribution in [-0.4, -0.2) is 12.5 Å². The molecule has 0 bridgehead atoms. The Kier molecular flexibility index (Phi) is 14.2. The van der Waals surface area contributed by atoms with E-state index in [4.69, 9.17) is 9.47 Å². The van der Waals surface area contributed by atoms with Crippen LogP contribution in [0.15, 0.2) is 164 Å². The first kappa shape index (κ1) is 51.7. The third-order valence-electron chi connectivity index (χ3n) is 16.9. The van der Waals surface area contributed by atoms with Gasteiger partial charge in [0.05, 0.1) is 12.2 Å². The molecule has 0 aromatic heterocycles. The van der Waals surface area contributed by atoms with Crippen molar-refractivity contribution in [2.24, 2.45) is 5.92 Å². The molecule has 1 atom stereocenters. The molecule has 392 valence electrons. The Bertz CT molecular complexity index is 3460. The first-order valence-electron chi connectivity index (χ1n) is 27.9. The number of fused-ring (bicyclic) bond motifs is 8. The normalized spacial score (nSPS) is 18.3. The molecule has 8 aromatic rings. The number of anilines is 1. The van der Waals surface area contributed by atoms with Crippen molar-refractivity contribution in [3.8, 4) is 44.9 Å². The Labute approximate surface area is 452 Å². The van der Waals surface area contributed by atoms with Gasteiger partial charge in [-0.3, -0.25) is 4.79 Å². The second-order valence-electron chi connectivity index (χ2n) is 22.3. The number of carbonyl (C=O) groups is 1. The van der Waals surface area contributed by atoms with Crippen LogP contribution in [0.1, 0.15) is 153 Å². The van der Waals surface area contributed by atoms with E-state index < -0.39 is 22.8 Å². The van der Waals surface area contributed by atoms with Crippen molar-refractivity contribution in [1.82, 2.24) is 0 Å². The van der Waals surface area contributed by atoms with Gasteiger partial charge in [-0.05, 0) is 167 Å². The fourth-order valence-electron chi connectivity index (χ4n) is 12.4. The summed E-state index contributed by atoms with van der Waals surface area (Å²) < 4.78 is 57.6. The number of alkyl halides is 3. The molecule has 1 amide bonds. The largest absolute Gasteiger partial charge is 0.494 e. The fourth-order valence-corrected chi connectivity index (χ4v) is 12.4. The lowest BCUT2D eigenvalue weighted by Gasteiger charge is -2.38. The van der Waals surface area contributed by atoms with E-state index >= 15 is 0 Å². The highest BCUT2D eigenvalue weighted by Crippen LogP contribution is 2.59. The summed E-state index contributed by atoms with van der Waals surface area (Å²) in [6.45, 7) is 11.4. The molecule has 4 nitrogen and oxygen atoms in total. The third kappa shape index (κ3) is 10.1. The first-order valence-corrected chi connectivity index (χ1v) is 27.9. The third-order valence-corrected chi connectivity index (χ3v) is 16.9. The number of aryl methyl sites for hydroxylation is 1. The number of benzene rings is 8. The molecular weight excluding hydrogens is 960 g/mol.